The van der Waals surface area contributed by atoms with Gasteiger partial charge in [0.25, 0.3) is 0 Å². The highest BCUT2D eigenvalue weighted by Gasteiger charge is 2.06. The summed E-state index contributed by atoms with van der Waals surface area (Å²) in [6, 6.07) is 15.6. The topological polar surface area (TPSA) is 51.2 Å². The number of amides is 1. The van der Waals surface area contributed by atoms with Gasteiger partial charge in [0.05, 0.1) is 12.8 Å². The lowest BCUT2D eigenvalue weighted by Crippen LogP contribution is -2.07. The predicted molar refractivity (Wildman–Crippen MR) is 103 cm³/mol. The molecule has 0 aliphatic heterocycles. The van der Waals surface area contributed by atoms with Crippen LogP contribution in [0.2, 0.25) is 0 Å². The number of anilines is 1. The average Bonchev–Trinajstić information content (AvgIpc) is 3.09. The van der Waals surface area contributed by atoms with Crippen molar-refractivity contribution in [2.75, 3.05) is 12.4 Å². The number of rotatable bonds is 5. The molecule has 126 valence electrons. The Morgan fingerprint density at radius 2 is 1.84 bits per heavy atom. The lowest BCUT2D eigenvalue weighted by atomic mass is 10.1. The number of carbonyl (C=O) groups is 1. The molecule has 0 fully saturated rings. The Morgan fingerprint density at radius 1 is 1.12 bits per heavy atom. The van der Waals surface area contributed by atoms with Crippen molar-refractivity contribution in [2.24, 2.45) is 0 Å². The molecule has 2 aromatic carbocycles. The number of nitrogens with one attached hydrogen (secondary N) is 1. The van der Waals surface area contributed by atoms with Gasteiger partial charge >= 0.3 is 0 Å². The number of ether oxygens (including phenoxy) is 1. The minimum Gasteiger partial charge on any atom is -0.497 e. The van der Waals surface area contributed by atoms with Gasteiger partial charge in [-0.05, 0) is 30.7 Å². The molecular weight excluding hydrogens is 332 g/mol. The van der Waals surface area contributed by atoms with E-state index in [-0.39, 0.29) is 5.91 Å². The number of aromatic nitrogens is 1. The molecule has 0 aliphatic rings. The zero-order valence-electron chi connectivity index (χ0n) is 14.0. The Bertz CT molecular complexity index is 881. The van der Waals surface area contributed by atoms with Gasteiger partial charge < -0.3 is 4.74 Å². The Labute approximate surface area is 150 Å². The SMILES string of the molecule is COc1ccc(/C=C/C(=O)Nc2nc(-c3ccc(C)cc3)cs2)cc1. The number of nitrogens with zero attached hydrogens (tertiary/aromatic N) is 1. The molecule has 0 aliphatic carbocycles. The summed E-state index contributed by atoms with van der Waals surface area (Å²) in [6.45, 7) is 2.05. The van der Waals surface area contributed by atoms with E-state index >= 15 is 0 Å². The third-order valence-corrected chi connectivity index (χ3v) is 4.38. The summed E-state index contributed by atoms with van der Waals surface area (Å²) < 4.78 is 5.11. The fourth-order valence-corrected chi connectivity index (χ4v) is 2.94. The molecule has 0 bridgehead atoms. The van der Waals surface area contributed by atoms with E-state index in [2.05, 4.69) is 10.3 Å². The number of aryl methyl sites for hydroxylation is 1. The van der Waals surface area contributed by atoms with Gasteiger partial charge in [-0.15, -0.1) is 11.3 Å². The van der Waals surface area contributed by atoms with E-state index in [1.54, 1.807) is 13.2 Å². The summed E-state index contributed by atoms with van der Waals surface area (Å²) in [5.41, 5.74) is 4.03. The number of hydrogen-bond acceptors (Lipinski definition) is 4. The fourth-order valence-electron chi connectivity index (χ4n) is 2.22. The molecule has 1 amide bonds. The third-order valence-electron chi connectivity index (χ3n) is 3.62. The van der Waals surface area contributed by atoms with Crippen LogP contribution < -0.4 is 10.1 Å². The molecule has 1 heterocycles. The maximum atomic E-state index is 12.0. The quantitative estimate of drug-likeness (QED) is 0.674. The monoisotopic (exact) mass is 350 g/mol. The summed E-state index contributed by atoms with van der Waals surface area (Å²) in [7, 11) is 1.62. The van der Waals surface area contributed by atoms with Crippen LogP contribution in [0.25, 0.3) is 17.3 Å². The second-order valence-corrected chi connectivity index (χ2v) is 6.36. The van der Waals surface area contributed by atoms with Crippen LogP contribution in [0, 0.1) is 6.92 Å². The highest BCUT2D eigenvalue weighted by molar-refractivity contribution is 7.14. The van der Waals surface area contributed by atoms with Gasteiger partial charge in [0, 0.05) is 17.0 Å². The van der Waals surface area contributed by atoms with Crippen LogP contribution >= 0.6 is 11.3 Å². The molecule has 3 rings (SSSR count). The van der Waals surface area contributed by atoms with Crippen LogP contribution in [0.5, 0.6) is 5.75 Å². The van der Waals surface area contributed by atoms with Crippen molar-refractivity contribution < 1.29 is 9.53 Å². The lowest BCUT2D eigenvalue weighted by molar-refractivity contribution is -0.111. The van der Waals surface area contributed by atoms with E-state index in [1.807, 2.05) is 60.8 Å². The van der Waals surface area contributed by atoms with Gasteiger partial charge in [-0.3, -0.25) is 10.1 Å². The molecule has 5 heteroatoms. The number of hydrogen-bond donors (Lipinski definition) is 1. The largest absolute Gasteiger partial charge is 0.497 e. The number of carbonyl (C=O) groups excluding carboxylic acids is 1. The minimum atomic E-state index is -0.208. The molecular formula is C20H18N2O2S. The summed E-state index contributed by atoms with van der Waals surface area (Å²) in [5, 5.41) is 5.31. The van der Waals surface area contributed by atoms with Crippen LogP contribution in [0.4, 0.5) is 5.13 Å². The van der Waals surface area contributed by atoms with Crippen LogP contribution in [-0.4, -0.2) is 18.0 Å². The second kappa shape index (κ2) is 7.77. The molecule has 1 N–H and O–H groups in total. The zero-order chi connectivity index (χ0) is 17.6. The van der Waals surface area contributed by atoms with E-state index in [9.17, 15) is 4.79 Å². The van der Waals surface area contributed by atoms with E-state index in [1.165, 1.54) is 23.0 Å². The third kappa shape index (κ3) is 4.55. The first-order valence-corrected chi connectivity index (χ1v) is 8.68. The number of thiazole rings is 1. The lowest BCUT2D eigenvalue weighted by Gasteiger charge is -1.99. The van der Waals surface area contributed by atoms with E-state index < -0.39 is 0 Å². The Hall–Kier alpha value is -2.92. The molecule has 1 aromatic heterocycles. The van der Waals surface area contributed by atoms with E-state index in [0.29, 0.717) is 5.13 Å². The first-order valence-electron chi connectivity index (χ1n) is 7.80. The Morgan fingerprint density at radius 3 is 2.52 bits per heavy atom. The molecule has 25 heavy (non-hydrogen) atoms. The minimum absolute atomic E-state index is 0.208. The van der Waals surface area contributed by atoms with E-state index in [0.717, 1.165) is 22.6 Å². The second-order valence-electron chi connectivity index (χ2n) is 5.50. The van der Waals surface area contributed by atoms with Gasteiger partial charge in [0.15, 0.2) is 5.13 Å². The Kier molecular flexibility index (Phi) is 5.26. The van der Waals surface area contributed by atoms with Gasteiger partial charge in [-0.25, -0.2) is 4.98 Å². The van der Waals surface area contributed by atoms with Gasteiger partial charge in [0.2, 0.25) is 5.91 Å². The van der Waals surface area contributed by atoms with Gasteiger partial charge in [-0.2, -0.15) is 0 Å². The molecule has 4 nitrogen and oxygen atoms in total. The van der Waals surface area contributed by atoms with Crippen LogP contribution in [0.15, 0.2) is 60.0 Å². The summed E-state index contributed by atoms with van der Waals surface area (Å²) >= 11 is 1.41. The first-order chi connectivity index (χ1) is 12.1. The van der Waals surface area contributed by atoms with Crippen molar-refractivity contribution in [2.45, 2.75) is 6.92 Å². The van der Waals surface area contributed by atoms with Crippen molar-refractivity contribution in [1.29, 1.82) is 0 Å². The molecule has 0 saturated heterocycles. The van der Waals surface area contributed by atoms with Gasteiger partial charge in [-0.1, -0.05) is 42.0 Å². The number of methoxy groups -OCH3 is 1. The highest BCUT2D eigenvalue weighted by atomic mass is 32.1. The predicted octanol–water partition coefficient (Wildman–Crippen LogP) is 4.78. The fraction of sp³-hybridized carbons (Fsp3) is 0.100. The standard InChI is InChI=1S/C20H18N2O2S/c1-14-3-8-16(9-4-14)18-13-25-20(21-18)22-19(23)12-7-15-5-10-17(24-2)11-6-15/h3-13H,1-2H3,(H,21,22,23)/b12-7+. The van der Waals surface area contributed by atoms with Crippen molar-refractivity contribution >= 4 is 28.5 Å². The van der Waals surface area contributed by atoms with Crippen LogP contribution in [0.1, 0.15) is 11.1 Å². The zero-order valence-corrected chi connectivity index (χ0v) is 14.8. The average molecular weight is 350 g/mol. The van der Waals surface area contributed by atoms with Crippen molar-refractivity contribution in [3.8, 4) is 17.0 Å². The molecule has 3 aromatic rings. The summed E-state index contributed by atoms with van der Waals surface area (Å²) in [6.07, 6.45) is 3.25. The van der Waals surface area contributed by atoms with Crippen molar-refractivity contribution in [3.63, 3.8) is 0 Å². The summed E-state index contributed by atoms with van der Waals surface area (Å²) in [5.74, 6) is 0.577. The molecule has 0 unspecified atom stereocenters. The molecule has 0 radical (unpaired) electrons. The normalized spacial score (nSPS) is 10.8. The van der Waals surface area contributed by atoms with Crippen molar-refractivity contribution in [3.05, 3.63) is 71.1 Å². The smallest absolute Gasteiger partial charge is 0.250 e. The van der Waals surface area contributed by atoms with Gasteiger partial charge in [0.1, 0.15) is 5.75 Å². The summed E-state index contributed by atoms with van der Waals surface area (Å²) in [4.78, 5) is 16.5. The molecule has 0 spiro atoms. The maximum Gasteiger partial charge on any atom is 0.250 e. The molecule has 0 atom stereocenters. The van der Waals surface area contributed by atoms with Crippen LogP contribution in [0.3, 0.4) is 0 Å². The molecule has 0 saturated carbocycles. The highest BCUT2D eigenvalue weighted by Crippen LogP contribution is 2.25. The maximum absolute atomic E-state index is 12.0. The van der Waals surface area contributed by atoms with E-state index in [4.69, 9.17) is 4.74 Å². The van der Waals surface area contributed by atoms with Crippen molar-refractivity contribution in [1.82, 2.24) is 4.98 Å². The Balaban J connectivity index is 1.63. The van der Waals surface area contributed by atoms with Crippen LogP contribution in [-0.2, 0) is 4.79 Å². The number of benzene rings is 2. The first kappa shape index (κ1) is 16.9.